The molecule has 12 nitrogen and oxygen atoms in total. The predicted molar refractivity (Wildman–Crippen MR) is 159 cm³/mol. The lowest BCUT2D eigenvalue weighted by Crippen LogP contribution is -2.65. The first kappa shape index (κ1) is 39.7. The lowest BCUT2D eigenvalue weighted by Gasteiger charge is -2.08. The summed E-state index contributed by atoms with van der Waals surface area (Å²) in [6.45, 7) is 0. The summed E-state index contributed by atoms with van der Waals surface area (Å²) in [5, 5.41) is 84.0. The smallest absolute Gasteiger partial charge is 0.244 e. The first-order chi connectivity index (χ1) is 25.1. The van der Waals surface area contributed by atoms with Crippen LogP contribution in [-0.2, 0) is 32.4 Å². The maximum Gasteiger partial charge on any atom is 0.476 e. The van der Waals surface area contributed by atoms with Crippen LogP contribution in [0.5, 0.6) is 0 Å². The van der Waals surface area contributed by atoms with Gasteiger partial charge in [-0.3, -0.25) is 0 Å². The van der Waals surface area contributed by atoms with Gasteiger partial charge >= 0.3 is 16.5 Å². The fourth-order valence-corrected chi connectivity index (χ4v) is 7.76. The summed E-state index contributed by atoms with van der Waals surface area (Å²) in [5.41, 5.74) is -29.8. The summed E-state index contributed by atoms with van der Waals surface area (Å²) in [6, 6.07) is 10.3. The van der Waals surface area contributed by atoms with Crippen LogP contribution in [0.15, 0.2) is 31.4 Å². The van der Waals surface area contributed by atoms with E-state index in [-0.39, 0.29) is 0 Å². The lowest BCUT2D eigenvalue weighted by atomic mass is 10.0. The molecule has 24 heteroatoms. The number of fused-ring (bicyclic) bond motifs is 6. The van der Waals surface area contributed by atoms with Crippen LogP contribution in [0, 0.1) is 102 Å². The third kappa shape index (κ3) is 5.54. The molecular formula is C30F9N9O3S3. The molecule has 0 radical (unpaired) electrons. The van der Waals surface area contributed by atoms with E-state index in [1.165, 1.54) is 36.4 Å². The van der Waals surface area contributed by atoms with E-state index in [0.29, 0.717) is 0 Å². The molecule has 3 aliphatic carbocycles. The molecule has 0 heterocycles. The van der Waals surface area contributed by atoms with Crippen molar-refractivity contribution in [3.05, 3.63) is 62.7 Å². The van der Waals surface area contributed by atoms with Gasteiger partial charge in [-0.2, -0.15) is 86.9 Å². The van der Waals surface area contributed by atoms with Gasteiger partial charge in [0.2, 0.25) is 0 Å². The van der Waals surface area contributed by atoms with Gasteiger partial charge in [-0.1, -0.05) is 0 Å². The third-order valence-electron chi connectivity index (χ3n) is 7.34. The molecule has 264 valence electrons. The molecule has 0 N–H and O–H groups in total. The van der Waals surface area contributed by atoms with E-state index in [1.807, 2.05) is 0 Å². The maximum atomic E-state index is 13.7. The van der Waals surface area contributed by atoms with Gasteiger partial charge in [0, 0.05) is 48.0 Å². The molecule has 0 aliphatic heterocycles. The van der Waals surface area contributed by atoms with Crippen LogP contribution in [0.25, 0.3) is 33.4 Å². The number of hydrogen-bond acceptors (Lipinski definition) is 12. The molecule has 3 unspecified atom stereocenters. The standard InChI is InChI=1S/C30F9N9O3S3/c31-28(32,33)52(49)16(7-46)19-10(1-40)22-23(11(19)2-41)25-14(5-44)21(18(9-48)54(51)30(37,38)39)15(6-45)27(25)26-13(4-43)20(12(3-42)24(22)26)17(8-47)53(50)29(34,35)36. The first-order valence-electron chi connectivity index (χ1n) is 12.9. The van der Waals surface area contributed by atoms with Gasteiger partial charge < -0.3 is 0 Å². The Balaban J connectivity index is 2.85. The minimum absolute atomic E-state index is 0.897. The maximum absolute atomic E-state index is 13.7. The van der Waals surface area contributed by atoms with Crippen molar-refractivity contribution in [1.29, 1.82) is 47.4 Å². The minimum atomic E-state index is -5.81. The van der Waals surface area contributed by atoms with Crippen LogP contribution >= 0.6 is 0 Å². The molecule has 4 rings (SSSR count). The number of allylic oxidation sites excluding steroid dienone is 6. The highest BCUT2D eigenvalue weighted by molar-refractivity contribution is 7.90. The Kier molecular flexibility index (Phi) is 9.89. The van der Waals surface area contributed by atoms with Gasteiger partial charge in [-0.05, 0) is 0 Å². The lowest BCUT2D eigenvalue weighted by molar-refractivity contribution is -0.0383. The van der Waals surface area contributed by atoms with Gasteiger partial charge in [0.25, 0.3) is 0 Å². The Morgan fingerprint density at radius 1 is 0.352 bits per heavy atom. The second-order valence-corrected chi connectivity index (χ2v) is 14.0. The molecule has 3 aliphatic rings. The van der Waals surface area contributed by atoms with E-state index >= 15 is 0 Å². The summed E-state index contributed by atoms with van der Waals surface area (Å²) in [4.78, 5) is -5.72. The summed E-state index contributed by atoms with van der Waals surface area (Å²) in [7, 11) is -13.2. The quantitative estimate of drug-likeness (QED) is 0.287. The van der Waals surface area contributed by atoms with Crippen molar-refractivity contribution < 1.29 is 52.1 Å². The SMILES string of the molecule is N#CC(=C1C(C#N)=c2c3c(c4c(c2=C1C#N)=C(C#N)C(=C(C#N)S(=O)C(F)(F)F)C=4C#N)=C(C#N)C(=C(C#N)S(=O)C(F)(F)F)C=3C#N)S(=O)C(F)(F)F. The second kappa shape index (κ2) is 13.5. The number of nitrogens with zero attached hydrogens (tertiary/aromatic N) is 9. The topological polar surface area (TPSA) is 265 Å². The van der Waals surface area contributed by atoms with Crippen molar-refractivity contribution in [1.82, 2.24) is 0 Å². The zero-order valence-corrected chi connectivity index (χ0v) is 27.3. The van der Waals surface area contributed by atoms with Crippen molar-refractivity contribution in [3.8, 4) is 54.6 Å². The monoisotopic (exact) mass is 801 g/mol. The molecule has 0 spiro atoms. The fraction of sp³-hybridized carbons (Fsp3) is 0.100. The zero-order valence-electron chi connectivity index (χ0n) is 24.9. The number of halogens is 9. The average molecular weight is 802 g/mol. The largest absolute Gasteiger partial charge is 0.476 e. The normalized spacial score (nSPS) is 16.1. The van der Waals surface area contributed by atoms with E-state index in [1.54, 1.807) is 0 Å². The predicted octanol–water partition coefficient (Wildman–Crippen LogP) is -0.0884. The highest BCUT2D eigenvalue weighted by Gasteiger charge is 2.47. The second-order valence-electron chi connectivity index (χ2n) is 9.76. The number of hydrogen-bond donors (Lipinski definition) is 0. The Labute approximate surface area is 298 Å². The molecular weight excluding hydrogens is 802 g/mol. The molecule has 0 bridgehead atoms. The summed E-state index contributed by atoms with van der Waals surface area (Å²) < 4.78 is 161. The summed E-state index contributed by atoms with van der Waals surface area (Å²) >= 11 is 0. The molecule has 0 saturated heterocycles. The van der Waals surface area contributed by atoms with E-state index < -0.39 is 145 Å². The van der Waals surface area contributed by atoms with E-state index in [9.17, 15) is 99.5 Å². The van der Waals surface area contributed by atoms with Gasteiger partial charge in [0.15, 0.2) is 32.4 Å². The Bertz CT molecular complexity index is 2600. The van der Waals surface area contributed by atoms with E-state index in [4.69, 9.17) is 0 Å². The Morgan fingerprint density at radius 2 is 0.500 bits per heavy atom. The molecule has 0 amide bonds. The van der Waals surface area contributed by atoms with Crippen LogP contribution in [0.2, 0.25) is 0 Å². The van der Waals surface area contributed by atoms with Gasteiger partial charge in [-0.15, -0.1) is 0 Å². The first-order valence-corrected chi connectivity index (χ1v) is 16.4. The molecule has 0 aromatic heterocycles. The number of rotatable bonds is 3. The van der Waals surface area contributed by atoms with Crippen LogP contribution in [-0.4, -0.2) is 29.2 Å². The van der Waals surface area contributed by atoms with Crippen molar-refractivity contribution >= 4 is 65.8 Å². The van der Waals surface area contributed by atoms with Gasteiger partial charge in [0.1, 0.15) is 69.3 Å². The van der Waals surface area contributed by atoms with Crippen molar-refractivity contribution in [2.24, 2.45) is 0 Å². The number of nitriles is 9. The Hall–Kier alpha value is -7.11. The highest BCUT2D eigenvalue weighted by atomic mass is 32.2. The van der Waals surface area contributed by atoms with Crippen LogP contribution in [0.3, 0.4) is 0 Å². The molecule has 0 saturated carbocycles. The summed E-state index contributed by atoms with van der Waals surface area (Å²) in [5.74, 6) is 0. The molecule has 3 atom stereocenters. The van der Waals surface area contributed by atoms with Gasteiger partial charge in [0.05, 0.1) is 33.4 Å². The average Bonchev–Trinajstić information content (AvgIpc) is 3.72. The van der Waals surface area contributed by atoms with Crippen LogP contribution in [0.4, 0.5) is 39.5 Å². The molecule has 1 aromatic carbocycles. The van der Waals surface area contributed by atoms with Gasteiger partial charge in [-0.25, -0.2) is 12.6 Å². The zero-order chi connectivity index (χ0) is 41.0. The molecule has 54 heavy (non-hydrogen) atoms. The van der Waals surface area contributed by atoms with Crippen LogP contribution < -0.4 is 31.3 Å². The number of alkyl halides is 9. The van der Waals surface area contributed by atoms with Crippen molar-refractivity contribution in [2.75, 3.05) is 0 Å². The van der Waals surface area contributed by atoms with E-state index in [0.717, 1.165) is 18.2 Å². The number of benzene rings is 1. The van der Waals surface area contributed by atoms with E-state index in [2.05, 4.69) is 0 Å². The molecule has 1 aromatic rings. The highest BCUT2D eigenvalue weighted by Crippen LogP contribution is 2.37. The Morgan fingerprint density at radius 3 is 0.593 bits per heavy atom. The third-order valence-corrected chi connectivity index (χ3v) is 10.6. The minimum Gasteiger partial charge on any atom is -0.244 e. The van der Waals surface area contributed by atoms with Crippen molar-refractivity contribution in [3.63, 3.8) is 0 Å². The van der Waals surface area contributed by atoms with Crippen molar-refractivity contribution in [2.45, 2.75) is 16.5 Å². The fourth-order valence-electron chi connectivity index (χ4n) is 5.64. The summed E-state index contributed by atoms with van der Waals surface area (Å²) in [6.07, 6.45) is 0. The van der Waals surface area contributed by atoms with Crippen LogP contribution in [0.1, 0.15) is 0 Å². The molecule has 0 fully saturated rings.